The zero-order valence-electron chi connectivity index (χ0n) is 14.5. The fourth-order valence-electron chi connectivity index (χ4n) is 2.07. The summed E-state index contributed by atoms with van der Waals surface area (Å²) >= 11 is 1.76. The van der Waals surface area contributed by atoms with Crippen LogP contribution in [0.4, 0.5) is 4.79 Å². The van der Waals surface area contributed by atoms with Gasteiger partial charge in [0, 0.05) is 12.3 Å². The molecular formula is C18H28N2O4S. The first kappa shape index (κ1) is 21.3. The lowest BCUT2D eigenvalue weighted by Gasteiger charge is -2.08. The van der Waals surface area contributed by atoms with E-state index in [1.54, 1.807) is 11.8 Å². The third-order valence-corrected chi connectivity index (χ3v) is 4.43. The number of unbranched alkanes of at least 4 members (excludes halogenated alkanes) is 3. The number of thioether (sulfide) groups is 1. The van der Waals surface area contributed by atoms with Crippen molar-refractivity contribution >= 4 is 23.8 Å². The second-order valence-electron chi connectivity index (χ2n) is 5.52. The molecule has 0 aliphatic heterocycles. The average molecular weight is 368 g/mol. The van der Waals surface area contributed by atoms with Crippen LogP contribution in [0.25, 0.3) is 0 Å². The summed E-state index contributed by atoms with van der Waals surface area (Å²) in [5.74, 6) is 1.66. The van der Waals surface area contributed by atoms with Crippen LogP contribution in [0.1, 0.15) is 31.2 Å². The lowest BCUT2D eigenvalue weighted by molar-refractivity contribution is -0.120. The summed E-state index contributed by atoms with van der Waals surface area (Å²) in [5.41, 5.74) is 0.900. The maximum absolute atomic E-state index is 11.6. The number of amides is 2. The van der Waals surface area contributed by atoms with Gasteiger partial charge in [0.25, 0.3) is 0 Å². The molecule has 6 nitrogen and oxygen atoms in total. The third kappa shape index (κ3) is 12.3. The van der Waals surface area contributed by atoms with Crippen LogP contribution in [-0.4, -0.2) is 48.3 Å². The molecule has 3 N–H and O–H groups in total. The van der Waals surface area contributed by atoms with E-state index < -0.39 is 6.09 Å². The molecule has 0 fully saturated rings. The van der Waals surface area contributed by atoms with Gasteiger partial charge >= 0.3 is 6.09 Å². The van der Waals surface area contributed by atoms with Gasteiger partial charge in [-0.15, -0.1) is 0 Å². The van der Waals surface area contributed by atoms with Gasteiger partial charge in [0.05, 0.1) is 13.2 Å². The Morgan fingerprint density at radius 3 is 2.52 bits per heavy atom. The molecule has 0 aliphatic rings. The first-order chi connectivity index (χ1) is 12.2. The van der Waals surface area contributed by atoms with Gasteiger partial charge in [-0.1, -0.05) is 43.2 Å². The predicted octanol–water partition coefficient (Wildman–Crippen LogP) is 2.31. The SMILES string of the molecule is O=C(CNC(=O)OCc1ccccc1)NCCCCCCSCCO. The molecule has 0 bridgehead atoms. The van der Waals surface area contributed by atoms with Gasteiger partial charge in [0.2, 0.25) is 5.91 Å². The first-order valence-corrected chi connectivity index (χ1v) is 9.77. The van der Waals surface area contributed by atoms with Crippen LogP contribution >= 0.6 is 11.8 Å². The van der Waals surface area contributed by atoms with Crippen molar-refractivity contribution in [3.8, 4) is 0 Å². The van der Waals surface area contributed by atoms with Gasteiger partial charge in [-0.2, -0.15) is 11.8 Å². The van der Waals surface area contributed by atoms with Gasteiger partial charge in [0.15, 0.2) is 0 Å². The van der Waals surface area contributed by atoms with E-state index in [4.69, 9.17) is 9.84 Å². The molecule has 0 saturated heterocycles. The molecule has 1 aromatic rings. The molecule has 1 rings (SSSR count). The number of ether oxygens (including phenoxy) is 1. The van der Waals surface area contributed by atoms with Crippen LogP contribution in [-0.2, 0) is 16.1 Å². The molecule has 0 aliphatic carbocycles. The molecule has 0 heterocycles. The summed E-state index contributed by atoms with van der Waals surface area (Å²) in [4.78, 5) is 23.1. The maximum atomic E-state index is 11.6. The summed E-state index contributed by atoms with van der Waals surface area (Å²) < 4.78 is 5.03. The number of alkyl carbamates (subject to hydrolysis) is 1. The lowest BCUT2D eigenvalue weighted by Crippen LogP contribution is -2.37. The second kappa shape index (κ2) is 14.6. The lowest BCUT2D eigenvalue weighted by atomic mass is 10.2. The molecule has 0 saturated carbocycles. The van der Waals surface area contributed by atoms with Gasteiger partial charge in [-0.25, -0.2) is 4.79 Å². The van der Waals surface area contributed by atoms with E-state index in [2.05, 4.69) is 10.6 Å². The van der Waals surface area contributed by atoms with Crippen molar-refractivity contribution in [2.75, 3.05) is 31.2 Å². The predicted molar refractivity (Wildman–Crippen MR) is 101 cm³/mol. The molecule has 0 unspecified atom stereocenters. The third-order valence-electron chi connectivity index (χ3n) is 3.38. The largest absolute Gasteiger partial charge is 0.445 e. The van der Waals surface area contributed by atoms with E-state index >= 15 is 0 Å². The number of benzene rings is 1. The fourth-order valence-corrected chi connectivity index (χ4v) is 2.81. The molecule has 2 amide bonds. The van der Waals surface area contributed by atoms with Crippen LogP contribution in [0.15, 0.2) is 30.3 Å². The zero-order chi connectivity index (χ0) is 18.2. The van der Waals surface area contributed by atoms with Crippen LogP contribution in [0.3, 0.4) is 0 Å². The Labute approximate surface area is 153 Å². The van der Waals surface area contributed by atoms with Crippen LogP contribution < -0.4 is 10.6 Å². The molecule has 7 heteroatoms. The number of carbonyl (C=O) groups excluding carboxylic acids is 2. The van der Waals surface area contributed by atoms with Gasteiger partial charge in [-0.3, -0.25) is 4.79 Å². The summed E-state index contributed by atoms with van der Waals surface area (Å²) in [5, 5.41) is 13.9. The van der Waals surface area contributed by atoms with Crippen LogP contribution in [0.5, 0.6) is 0 Å². The first-order valence-electron chi connectivity index (χ1n) is 8.62. The smallest absolute Gasteiger partial charge is 0.407 e. The summed E-state index contributed by atoms with van der Waals surface area (Å²) in [7, 11) is 0. The molecule has 0 radical (unpaired) electrons. The van der Waals surface area contributed by atoms with E-state index in [1.165, 1.54) is 0 Å². The average Bonchev–Trinajstić information content (AvgIpc) is 2.64. The molecule has 0 atom stereocenters. The number of hydrogen-bond acceptors (Lipinski definition) is 5. The minimum absolute atomic E-state index is 0.0780. The Bertz CT molecular complexity index is 485. The zero-order valence-corrected chi connectivity index (χ0v) is 15.4. The van der Waals surface area contributed by atoms with Crippen molar-refractivity contribution < 1.29 is 19.4 Å². The minimum atomic E-state index is -0.598. The van der Waals surface area contributed by atoms with Crippen molar-refractivity contribution in [3.63, 3.8) is 0 Å². The van der Waals surface area contributed by atoms with Gasteiger partial charge < -0.3 is 20.5 Å². The highest BCUT2D eigenvalue weighted by Crippen LogP contribution is 2.06. The standard InChI is InChI=1S/C18H28N2O4S/c21-11-13-25-12-7-2-1-6-10-19-17(22)14-20-18(23)24-15-16-8-4-3-5-9-16/h3-5,8-9,21H,1-2,6-7,10-15H2,(H,19,22)(H,20,23). The summed E-state index contributed by atoms with van der Waals surface area (Å²) in [6.07, 6.45) is 3.65. The van der Waals surface area contributed by atoms with Crippen LogP contribution in [0.2, 0.25) is 0 Å². The van der Waals surface area contributed by atoms with Crippen molar-refractivity contribution in [1.29, 1.82) is 0 Å². The monoisotopic (exact) mass is 368 g/mol. The Morgan fingerprint density at radius 2 is 1.76 bits per heavy atom. The number of aliphatic hydroxyl groups excluding tert-OH is 1. The fraction of sp³-hybridized carbons (Fsp3) is 0.556. The van der Waals surface area contributed by atoms with E-state index in [0.29, 0.717) is 6.54 Å². The molecular weight excluding hydrogens is 340 g/mol. The Morgan fingerprint density at radius 1 is 1.00 bits per heavy atom. The summed E-state index contributed by atoms with van der Waals surface area (Å²) in [6.45, 7) is 0.962. The molecule has 140 valence electrons. The Balaban J connectivity index is 1.93. The highest BCUT2D eigenvalue weighted by atomic mass is 32.2. The quantitative estimate of drug-likeness (QED) is 0.465. The van der Waals surface area contributed by atoms with E-state index in [9.17, 15) is 9.59 Å². The number of aliphatic hydroxyl groups is 1. The Hall–Kier alpha value is -1.73. The van der Waals surface area contributed by atoms with Crippen molar-refractivity contribution in [3.05, 3.63) is 35.9 Å². The number of rotatable bonds is 13. The van der Waals surface area contributed by atoms with E-state index in [0.717, 1.165) is 42.8 Å². The topological polar surface area (TPSA) is 87.7 Å². The van der Waals surface area contributed by atoms with Crippen molar-refractivity contribution in [1.82, 2.24) is 10.6 Å². The minimum Gasteiger partial charge on any atom is -0.445 e. The molecule has 1 aromatic carbocycles. The van der Waals surface area contributed by atoms with Gasteiger partial charge in [0.1, 0.15) is 6.61 Å². The summed E-state index contributed by atoms with van der Waals surface area (Å²) in [6, 6.07) is 9.37. The van der Waals surface area contributed by atoms with E-state index in [-0.39, 0.29) is 25.7 Å². The maximum Gasteiger partial charge on any atom is 0.407 e. The second-order valence-corrected chi connectivity index (χ2v) is 6.74. The van der Waals surface area contributed by atoms with Crippen molar-refractivity contribution in [2.24, 2.45) is 0 Å². The highest BCUT2D eigenvalue weighted by Gasteiger charge is 2.06. The van der Waals surface area contributed by atoms with Gasteiger partial charge in [-0.05, 0) is 24.2 Å². The molecule has 25 heavy (non-hydrogen) atoms. The van der Waals surface area contributed by atoms with Crippen molar-refractivity contribution in [2.45, 2.75) is 32.3 Å². The highest BCUT2D eigenvalue weighted by molar-refractivity contribution is 7.99. The molecule has 0 spiro atoms. The number of hydrogen-bond donors (Lipinski definition) is 3. The number of nitrogens with one attached hydrogen (secondary N) is 2. The normalized spacial score (nSPS) is 10.3. The van der Waals surface area contributed by atoms with E-state index in [1.807, 2.05) is 30.3 Å². The Kier molecular flexibility index (Phi) is 12.4. The van der Waals surface area contributed by atoms with Crippen LogP contribution in [0, 0.1) is 0 Å². The number of carbonyl (C=O) groups is 2. The molecule has 0 aromatic heterocycles.